The molecule has 0 aliphatic carbocycles. The van der Waals surface area contributed by atoms with Gasteiger partial charge in [0.2, 0.25) is 5.91 Å². The average Bonchev–Trinajstić information content (AvgIpc) is 3.60. The minimum atomic E-state index is -0.173. The summed E-state index contributed by atoms with van der Waals surface area (Å²) in [6.45, 7) is 1.72. The Morgan fingerprint density at radius 2 is 2.03 bits per heavy atom. The van der Waals surface area contributed by atoms with Gasteiger partial charge in [0.1, 0.15) is 24.6 Å². The first-order chi connectivity index (χ1) is 16.2. The number of aromatic nitrogens is 2. The lowest BCUT2D eigenvalue weighted by Gasteiger charge is -2.27. The van der Waals surface area contributed by atoms with Crippen LogP contribution in [0.3, 0.4) is 0 Å². The van der Waals surface area contributed by atoms with Crippen LogP contribution >= 0.6 is 22.7 Å². The number of carbonyl (C=O) groups excluding carboxylic acids is 1. The number of hydrogen-bond acceptors (Lipinski definition) is 7. The molecule has 7 nitrogen and oxygen atoms in total. The Hall–Kier alpha value is -3.17. The monoisotopic (exact) mass is 479 g/mol. The van der Waals surface area contributed by atoms with Gasteiger partial charge in [-0.15, -0.1) is 22.7 Å². The highest BCUT2D eigenvalue weighted by molar-refractivity contribution is 7.18. The summed E-state index contributed by atoms with van der Waals surface area (Å²) in [7, 11) is 0. The van der Waals surface area contributed by atoms with E-state index in [1.54, 1.807) is 11.3 Å². The van der Waals surface area contributed by atoms with Gasteiger partial charge >= 0.3 is 0 Å². The number of carbonyl (C=O) groups is 1. The zero-order chi connectivity index (χ0) is 22.4. The van der Waals surface area contributed by atoms with Crippen LogP contribution in [0.4, 0.5) is 0 Å². The molecule has 168 valence electrons. The number of benzene rings is 1. The molecule has 9 heteroatoms. The lowest BCUT2D eigenvalue weighted by atomic mass is 10.0. The predicted molar refractivity (Wildman–Crippen MR) is 128 cm³/mol. The Bertz CT molecular complexity index is 1390. The van der Waals surface area contributed by atoms with Crippen molar-refractivity contribution in [2.45, 2.75) is 25.4 Å². The van der Waals surface area contributed by atoms with E-state index in [4.69, 9.17) is 9.47 Å². The SMILES string of the molecule is O=C(Cn1cnc2scc(-c3cccs3)c2c1=O)N1CCC[C@@H]1c1ccc2c(c1)OCCO2. The van der Waals surface area contributed by atoms with Crippen LogP contribution in [0.15, 0.2) is 52.2 Å². The van der Waals surface area contributed by atoms with Gasteiger partial charge in [0.05, 0.1) is 17.8 Å². The summed E-state index contributed by atoms with van der Waals surface area (Å²) in [5, 5.41) is 4.54. The molecule has 0 saturated carbocycles. The molecule has 0 bridgehead atoms. The summed E-state index contributed by atoms with van der Waals surface area (Å²) in [5.74, 6) is 1.38. The van der Waals surface area contributed by atoms with Gasteiger partial charge < -0.3 is 14.4 Å². The third kappa shape index (κ3) is 3.61. The molecule has 0 spiro atoms. The molecule has 4 aromatic rings. The number of thiophene rings is 2. The minimum absolute atomic E-state index is 0.0252. The molecule has 5 heterocycles. The topological polar surface area (TPSA) is 73.7 Å². The maximum atomic E-state index is 13.3. The Morgan fingerprint density at radius 3 is 2.88 bits per heavy atom. The molecule has 33 heavy (non-hydrogen) atoms. The molecule has 1 saturated heterocycles. The number of nitrogens with zero attached hydrogens (tertiary/aromatic N) is 3. The maximum Gasteiger partial charge on any atom is 0.263 e. The van der Waals surface area contributed by atoms with Gasteiger partial charge in [0.25, 0.3) is 5.56 Å². The fourth-order valence-electron chi connectivity index (χ4n) is 4.61. The summed E-state index contributed by atoms with van der Waals surface area (Å²) in [6.07, 6.45) is 3.29. The second-order valence-corrected chi connectivity index (χ2v) is 9.94. The summed E-state index contributed by atoms with van der Waals surface area (Å²) in [6, 6.07) is 9.81. The highest BCUT2D eigenvalue weighted by Crippen LogP contribution is 2.38. The molecule has 1 aromatic carbocycles. The van der Waals surface area contributed by atoms with Crippen molar-refractivity contribution in [1.82, 2.24) is 14.5 Å². The molecule has 2 aliphatic heterocycles. The highest BCUT2D eigenvalue weighted by atomic mass is 32.1. The molecule has 0 unspecified atom stereocenters. The molecular formula is C24H21N3O4S2. The number of fused-ring (bicyclic) bond motifs is 2. The van der Waals surface area contributed by atoms with Crippen molar-refractivity contribution in [3.8, 4) is 21.9 Å². The van der Waals surface area contributed by atoms with Gasteiger partial charge in [-0.1, -0.05) is 12.1 Å². The summed E-state index contributed by atoms with van der Waals surface area (Å²) in [5.41, 5.74) is 1.75. The Morgan fingerprint density at radius 1 is 1.15 bits per heavy atom. The first-order valence-electron chi connectivity index (χ1n) is 10.9. The van der Waals surface area contributed by atoms with Crippen molar-refractivity contribution in [3.63, 3.8) is 0 Å². The fraction of sp³-hybridized carbons (Fsp3) is 0.292. The van der Waals surface area contributed by atoms with Crippen LogP contribution in [0, 0.1) is 0 Å². The van der Waals surface area contributed by atoms with Gasteiger partial charge in [0.15, 0.2) is 11.5 Å². The van der Waals surface area contributed by atoms with Gasteiger partial charge in [-0.2, -0.15) is 0 Å². The van der Waals surface area contributed by atoms with E-state index in [9.17, 15) is 9.59 Å². The largest absolute Gasteiger partial charge is 0.486 e. The average molecular weight is 480 g/mol. The lowest BCUT2D eigenvalue weighted by molar-refractivity contribution is -0.132. The van der Waals surface area contributed by atoms with Crippen molar-refractivity contribution in [3.05, 3.63) is 63.3 Å². The van der Waals surface area contributed by atoms with E-state index in [-0.39, 0.29) is 24.1 Å². The van der Waals surface area contributed by atoms with Crippen molar-refractivity contribution < 1.29 is 14.3 Å². The Balaban J connectivity index is 1.28. The third-order valence-corrected chi connectivity index (χ3v) is 7.97. The van der Waals surface area contributed by atoms with E-state index >= 15 is 0 Å². The van der Waals surface area contributed by atoms with Crippen molar-refractivity contribution >= 4 is 38.8 Å². The number of rotatable bonds is 4. The zero-order valence-corrected chi connectivity index (χ0v) is 19.4. The Labute approximate surface area is 197 Å². The smallest absolute Gasteiger partial charge is 0.263 e. The molecule has 3 aromatic heterocycles. The highest BCUT2D eigenvalue weighted by Gasteiger charge is 2.31. The molecule has 2 aliphatic rings. The molecule has 1 fully saturated rings. The second kappa shape index (κ2) is 8.31. The van der Waals surface area contributed by atoms with Crippen LogP contribution in [-0.4, -0.2) is 40.1 Å². The number of ether oxygens (including phenoxy) is 2. The molecule has 1 amide bonds. The summed E-state index contributed by atoms with van der Waals surface area (Å²) < 4.78 is 12.8. The van der Waals surface area contributed by atoms with E-state index in [0.717, 1.165) is 40.3 Å². The number of likely N-dealkylation sites (tertiary alicyclic amines) is 1. The third-order valence-electron chi connectivity index (χ3n) is 6.18. The lowest BCUT2D eigenvalue weighted by Crippen LogP contribution is -2.36. The van der Waals surface area contributed by atoms with Crippen molar-refractivity contribution in [2.24, 2.45) is 0 Å². The molecule has 6 rings (SSSR count). The second-order valence-electron chi connectivity index (χ2n) is 8.13. The summed E-state index contributed by atoms with van der Waals surface area (Å²) in [4.78, 5) is 34.7. The fourth-order valence-corrected chi connectivity index (χ4v) is 6.33. The first-order valence-corrected chi connectivity index (χ1v) is 12.6. The summed E-state index contributed by atoms with van der Waals surface area (Å²) >= 11 is 3.04. The quantitative estimate of drug-likeness (QED) is 0.436. The Kier molecular flexibility index (Phi) is 5.15. The van der Waals surface area contributed by atoms with Crippen LogP contribution in [0.1, 0.15) is 24.4 Å². The van der Waals surface area contributed by atoms with Crippen molar-refractivity contribution in [1.29, 1.82) is 0 Å². The van der Waals surface area contributed by atoms with E-state index in [2.05, 4.69) is 4.98 Å². The minimum Gasteiger partial charge on any atom is -0.486 e. The van der Waals surface area contributed by atoms with Crippen LogP contribution in [0.5, 0.6) is 11.5 Å². The van der Waals surface area contributed by atoms with Gasteiger partial charge in [0, 0.05) is 22.4 Å². The van der Waals surface area contributed by atoms with E-state index in [0.29, 0.717) is 30.0 Å². The molecular weight excluding hydrogens is 458 g/mol. The van der Waals surface area contributed by atoms with Crippen molar-refractivity contribution in [2.75, 3.05) is 19.8 Å². The normalized spacial score (nSPS) is 17.6. The van der Waals surface area contributed by atoms with Gasteiger partial charge in [-0.3, -0.25) is 14.2 Å². The standard InChI is InChI=1S/C24H21N3O4S2/c28-21(27-7-1-3-17(27)15-5-6-18-19(11-15)31-9-8-30-18)12-26-14-25-23-22(24(26)29)16(13-33-23)20-4-2-10-32-20/h2,4-6,10-11,13-14,17H,1,3,7-9,12H2/t17-/m1/s1. The van der Waals surface area contributed by atoms with Crippen LogP contribution in [0.2, 0.25) is 0 Å². The number of hydrogen-bond donors (Lipinski definition) is 0. The predicted octanol–water partition coefficient (Wildman–Crippen LogP) is 4.32. The molecule has 0 N–H and O–H groups in total. The van der Waals surface area contributed by atoms with Gasteiger partial charge in [-0.25, -0.2) is 4.98 Å². The zero-order valence-electron chi connectivity index (χ0n) is 17.7. The maximum absolute atomic E-state index is 13.3. The van der Waals surface area contributed by atoms with E-state index < -0.39 is 0 Å². The van der Waals surface area contributed by atoms with Crippen LogP contribution < -0.4 is 15.0 Å². The van der Waals surface area contributed by atoms with Crippen LogP contribution in [0.25, 0.3) is 20.7 Å². The van der Waals surface area contributed by atoms with E-state index in [1.807, 2.05) is 46.0 Å². The number of amides is 1. The van der Waals surface area contributed by atoms with E-state index in [1.165, 1.54) is 22.2 Å². The van der Waals surface area contributed by atoms with Gasteiger partial charge in [-0.05, 0) is 42.0 Å². The molecule has 1 atom stereocenters. The first kappa shape index (κ1) is 20.4. The molecule has 0 radical (unpaired) electrons. The van der Waals surface area contributed by atoms with Crippen LogP contribution in [-0.2, 0) is 11.3 Å².